The first-order valence-corrected chi connectivity index (χ1v) is 6.56. The van der Waals surface area contributed by atoms with Crippen molar-refractivity contribution in [3.63, 3.8) is 0 Å². The SMILES string of the molecule is CNCCCN(C)C(=O)Cc1cccc(Br)c1. The molecule has 0 fully saturated rings. The third-order valence-electron chi connectivity index (χ3n) is 2.59. The van der Waals surface area contributed by atoms with Crippen LogP contribution in [-0.4, -0.2) is 38.0 Å². The van der Waals surface area contributed by atoms with Gasteiger partial charge in [0.25, 0.3) is 0 Å². The van der Waals surface area contributed by atoms with Crippen LogP contribution in [0.3, 0.4) is 0 Å². The van der Waals surface area contributed by atoms with Crippen molar-refractivity contribution in [2.24, 2.45) is 0 Å². The standard InChI is InChI=1S/C13H19BrN2O/c1-15-7-4-8-16(2)13(17)10-11-5-3-6-12(14)9-11/h3,5-6,9,15H,4,7-8,10H2,1-2H3. The van der Waals surface area contributed by atoms with Crippen LogP contribution < -0.4 is 5.32 Å². The summed E-state index contributed by atoms with van der Waals surface area (Å²) in [5.41, 5.74) is 1.05. The maximum absolute atomic E-state index is 11.9. The van der Waals surface area contributed by atoms with Gasteiger partial charge in [0.1, 0.15) is 0 Å². The number of likely N-dealkylation sites (N-methyl/N-ethyl adjacent to an activating group) is 1. The van der Waals surface area contributed by atoms with E-state index in [9.17, 15) is 4.79 Å². The van der Waals surface area contributed by atoms with Crippen LogP contribution in [0.2, 0.25) is 0 Å². The van der Waals surface area contributed by atoms with Crippen LogP contribution in [0.15, 0.2) is 28.7 Å². The molecule has 94 valence electrons. The lowest BCUT2D eigenvalue weighted by atomic mass is 10.1. The lowest BCUT2D eigenvalue weighted by molar-refractivity contribution is -0.129. The van der Waals surface area contributed by atoms with Gasteiger partial charge in [-0.05, 0) is 37.7 Å². The van der Waals surface area contributed by atoms with Gasteiger partial charge in [0, 0.05) is 18.1 Å². The van der Waals surface area contributed by atoms with E-state index in [2.05, 4.69) is 21.2 Å². The Morgan fingerprint density at radius 3 is 2.88 bits per heavy atom. The molecule has 0 radical (unpaired) electrons. The molecule has 0 atom stereocenters. The second-order valence-corrected chi connectivity index (χ2v) is 4.99. The number of hydrogen-bond donors (Lipinski definition) is 1. The molecule has 0 unspecified atom stereocenters. The molecule has 0 saturated carbocycles. The van der Waals surface area contributed by atoms with Gasteiger partial charge in [-0.15, -0.1) is 0 Å². The van der Waals surface area contributed by atoms with Gasteiger partial charge < -0.3 is 10.2 Å². The van der Waals surface area contributed by atoms with Crippen molar-refractivity contribution < 1.29 is 4.79 Å². The van der Waals surface area contributed by atoms with E-state index in [0.717, 1.165) is 29.5 Å². The molecule has 1 aromatic carbocycles. The summed E-state index contributed by atoms with van der Waals surface area (Å²) in [6, 6.07) is 7.88. The Morgan fingerprint density at radius 2 is 2.24 bits per heavy atom. The van der Waals surface area contributed by atoms with Gasteiger partial charge in [0.05, 0.1) is 6.42 Å². The van der Waals surface area contributed by atoms with Gasteiger partial charge in [-0.3, -0.25) is 4.79 Å². The Labute approximate surface area is 111 Å². The summed E-state index contributed by atoms with van der Waals surface area (Å²) in [6.45, 7) is 1.74. The van der Waals surface area contributed by atoms with Crippen LogP contribution in [0.4, 0.5) is 0 Å². The Bertz CT molecular complexity index is 368. The number of rotatable bonds is 6. The molecule has 0 aromatic heterocycles. The third-order valence-corrected chi connectivity index (χ3v) is 3.08. The van der Waals surface area contributed by atoms with Crippen molar-refractivity contribution in [3.05, 3.63) is 34.3 Å². The number of carbonyl (C=O) groups excluding carboxylic acids is 1. The van der Waals surface area contributed by atoms with Crippen LogP contribution >= 0.6 is 15.9 Å². The monoisotopic (exact) mass is 298 g/mol. The highest BCUT2D eigenvalue weighted by atomic mass is 79.9. The average molecular weight is 299 g/mol. The Kier molecular flexibility index (Phi) is 6.22. The Balaban J connectivity index is 2.43. The van der Waals surface area contributed by atoms with Crippen molar-refractivity contribution in [1.29, 1.82) is 0 Å². The minimum absolute atomic E-state index is 0.166. The highest BCUT2D eigenvalue weighted by Crippen LogP contribution is 2.12. The molecular weight excluding hydrogens is 280 g/mol. The lowest BCUT2D eigenvalue weighted by Gasteiger charge is -2.17. The van der Waals surface area contributed by atoms with E-state index in [1.54, 1.807) is 4.90 Å². The van der Waals surface area contributed by atoms with Crippen LogP contribution in [0.1, 0.15) is 12.0 Å². The van der Waals surface area contributed by atoms with Gasteiger partial charge in [0.2, 0.25) is 5.91 Å². The quantitative estimate of drug-likeness (QED) is 0.816. The molecule has 0 heterocycles. The van der Waals surface area contributed by atoms with Gasteiger partial charge in [-0.1, -0.05) is 28.1 Å². The zero-order valence-corrected chi connectivity index (χ0v) is 12.0. The summed E-state index contributed by atoms with van der Waals surface area (Å²) in [6.07, 6.45) is 1.45. The number of nitrogens with zero attached hydrogens (tertiary/aromatic N) is 1. The molecule has 1 rings (SSSR count). The minimum Gasteiger partial charge on any atom is -0.345 e. The molecular formula is C13H19BrN2O. The van der Waals surface area contributed by atoms with E-state index in [1.807, 2.05) is 38.4 Å². The Morgan fingerprint density at radius 1 is 1.47 bits per heavy atom. The highest BCUT2D eigenvalue weighted by Gasteiger charge is 2.09. The molecule has 1 aromatic rings. The molecule has 17 heavy (non-hydrogen) atoms. The molecule has 0 saturated heterocycles. The molecule has 1 amide bonds. The van der Waals surface area contributed by atoms with Crippen LogP contribution in [-0.2, 0) is 11.2 Å². The lowest BCUT2D eigenvalue weighted by Crippen LogP contribution is -2.30. The molecule has 4 heteroatoms. The first-order chi connectivity index (χ1) is 8.13. The van der Waals surface area contributed by atoms with Gasteiger partial charge >= 0.3 is 0 Å². The summed E-state index contributed by atoms with van der Waals surface area (Å²) in [7, 11) is 3.78. The number of hydrogen-bond acceptors (Lipinski definition) is 2. The van der Waals surface area contributed by atoms with E-state index in [4.69, 9.17) is 0 Å². The van der Waals surface area contributed by atoms with Crippen molar-refractivity contribution in [2.45, 2.75) is 12.8 Å². The molecule has 3 nitrogen and oxygen atoms in total. The number of halogens is 1. The molecule has 0 bridgehead atoms. The number of amides is 1. The largest absolute Gasteiger partial charge is 0.345 e. The number of nitrogens with one attached hydrogen (secondary N) is 1. The van der Waals surface area contributed by atoms with Crippen molar-refractivity contribution in [3.8, 4) is 0 Å². The second kappa shape index (κ2) is 7.45. The van der Waals surface area contributed by atoms with Crippen LogP contribution in [0.25, 0.3) is 0 Å². The van der Waals surface area contributed by atoms with E-state index in [1.165, 1.54) is 0 Å². The minimum atomic E-state index is 0.166. The average Bonchev–Trinajstić information content (AvgIpc) is 2.29. The maximum Gasteiger partial charge on any atom is 0.226 e. The topological polar surface area (TPSA) is 32.3 Å². The molecule has 0 aliphatic rings. The Hall–Kier alpha value is -0.870. The van der Waals surface area contributed by atoms with Crippen molar-refractivity contribution in [2.75, 3.05) is 27.2 Å². The van der Waals surface area contributed by atoms with E-state index in [0.29, 0.717) is 6.42 Å². The fourth-order valence-electron chi connectivity index (χ4n) is 1.57. The zero-order valence-electron chi connectivity index (χ0n) is 10.4. The zero-order chi connectivity index (χ0) is 12.7. The number of carbonyl (C=O) groups is 1. The predicted molar refractivity (Wildman–Crippen MR) is 74.0 cm³/mol. The fraction of sp³-hybridized carbons (Fsp3) is 0.462. The van der Waals surface area contributed by atoms with E-state index in [-0.39, 0.29) is 5.91 Å². The van der Waals surface area contributed by atoms with Crippen molar-refractivity contribution >= 4 is 21.8 Å². The van der Waals surface area contributed by atoms with Crippen molar-refractivity contribution in [1.82, 2.24) is 10.2 Å². The molecule has 1 N–H and O–H groups in total. The van der Waals surface area contributed by atoms with E-state index < -0.39 is 0 Å². The van der Waals surface area contributed by atoms with Crippen LogP contribution in [0.5, 0.6) is 0 Å². The predicted octanol–water partition coefficient (Wildman–Crippen LogP) is 2.06. The number of benzene rings is 1. The highest BCUT2D eigenvalue weighted by molar-refractivity contribution is 9.10. The summed E-state index contributed by atoms with van der Waals surface area (Å²) in [5, 5.41) is 3.07. The third kappa shape index (κ3) is 5.33. The maximum atomic E-state index is 11.9. The summed E-state index contributed by atoms with van der Waals surface area (Å²) in [5.74, 6) is 0.166. The van der Waals surface area contributed by atoms with Crippen LogP contribution in [0, 0.1) is 0 Å². The van der Waals surface area contributed by atoms with Gasteiger partial charge in [0.15, 0.2) is 0 Å². The molecule has 0 spiro atoms. The van der Waals surface area contributed by atoms with Gasteiger partial charge in [-0.2, -0.15) is 0 Å². The smallest absolute Gasteiger partial charge is 0.226 e. The summed E-state index contributed by atoms with van der Waals surface area (Å²) < 4.78 is 1.01. The molecule has 0 aliphatic carbocycles. The molecule has 0 aliphatic heterocycles. The first kappa shape index (κ1) is 14.2. The summed E-state index contributed by atoms with van der Waals surface area (Å²) >= 11 is 3.41. The normalized spacial score (nSPS) is 10.3. The van der Waals surface area contributed by atoms with Gasteiger partial charge in [-0.25, -0.2) is 0 Å². The summed E-state index contributed by atoms with van der Waals surface area (Å²) in [4.78, 5) is 13.7. The first-order valence-electron chi connectivity index (χ1n) is 5.76. The fourth-order valence-corrected chi connectivity index (χ4v) is 2.02. The second-order valence-electron chi connectivity index (χ2n) is 4.08. The van der Waals surface area contributed by atoms with E-state index >= 15 is 0 Å².